The molecule has 2 aliphatic carbocycles. The number of fused-ring (bicyclic) bond motifs is 1. The Morgan fingerprint density at radius 2 is 1.55 bits per heavy atom. The summed E-state index contributed by atoms with van der Waals surface area (Å²) in [7, 11) is 1.81. The van der Waals surface area contributed by atoms with E-state index >= 15 is 0 Å². The minimum absolute atomic E-state index is 0.0703. The molecule has 1 heterocycles. The number of aliphatic hydroxyl groups is 2. The summed E-state index contributed by atoms with van der Waals surface area (Å²) >= 11 is 0. The first-order valence-corrected chi connectivity index (χ1v) is 13.0. The second-order valence-electron chi connectivity index (χ2n) is 10.5. The fraction of sp³-hybridized carbons (Fsp3) is 0.962. The van der Waals surface area contributed by atoms with Crippen LogP contribution in [0, 0.1) is 35.5 Å². The van der Waals surface area contributed by atoms with E-state index in [1.54, 1.807) is 0 Å². The summed E-state index contributed by atoms with van der Waals surface area (Å²) in [5.41, 5.74) is 0. The highest BCUT2D eigenvalue weighted by atomic mass is 16.5. The molecule has 1 saturated heterocycles. The van der Waals surface area contributed by atoms with Crippen LogP contribution in [-0.2, 0) is 14.3 Å². The predicted molar refractivity (Wildman–Crippen MR) is 122 cm³/mol. The van der Waals surface area contributed by atoms with E-state index in [1.165, 1.54) is 0 Å². The topological polar surface area (TPSA) is 76.0 Å². The van der Waals surface area contributed by atoms with Crippen molar-refractivity contribution in [1.29, 1.82) is 0 Å². The lowest BCUT2D eigenvalue weighted by Crippen LogP contribution is -2.62. The summed E-state index contributed by atoms with van der Waals surface area (Å²) in [5, 5.41) is 22.2. The van der Waals surface area contributed by atoms with Gasteiger partial charge in [-0.3, -0.25) is 4.79 Å². The van der Waals surface area contributed by atoms with Crippen LogP contribution in [0.1, 0.15) is 85.5 Å². The molecule has 1 aliphatic heterocycles. The van der Waals surface area contributed by atoms with Gasteiger partial charge in [0.05, 0.1) is 36.4 Å². The van der Waals surface area contributed by atoms with Crippen molar-refractivity contribution in [2.24, 2.45) is 35.5 Å². The molecule has 0 aromatic rings. The third-order valence-corrected chi connectivity index (χ3v) is 8.81. The van der Waals surface area contributed by atoms with Gasteiger partial charge in [0.15, 0.2) is 0 Å². The lowest BCUT2D eigenvalue weighted by Gasteiger charge is -2.53. The van der Waals surface area contributed by atoms with Crippen LogP contribution in [0.25, 0.3) is 0 Å². The van der Waals surface area contributed by atoms with E-state index in [4.69, 9.17) is 9.47 Å². The summed E-state index contributed by atoms with van der Waals surface area (Å²) in [6.45, 7) is 8.70. The van der Waals surface area contributed by atoms with Gasteiger partial charge in [-0.1, -0.05) is 47.0 Å². The number of carbonyl (C=O) groups excluding carboxylic acids is 1. The Morgan fingerprint density at radius 3 is 2.16 bits per heavy atom. The Bertz CT molecular complexity index is 580. The van der Waals surface area contributed by atoms with Gasteiger partial charge in [-0.05, 0) is 49.9 Å². The van der Waals surface area contributed by atoms with Gasteiger partial charge in [-0.25, -0.2) is 0 Å². The van der Waals surface area contributed by atoms with Crippen LogP contribution in [0.15, 0.2) is 0 Å². The molecule has 0 aromatic carbocycles. The Kier molecular flexibility index (Phi) is 8.99. The summed E-state index contributed by atoms with van der Waals surface area (Å²) in [6, 6.07) is 0. The molecule has 0 aromatic heterocycles. The zero-order chi connectivity index (χ0) is 22.7. The zero-order valence-electron chi connectivity index (χ0n) is 20.3. The average Bonchev–Trinajstić information content (AvgIpc) is 2.75. The van der Waals surface area contributed by atoms with Gasteiger partial charge in [0.1, 0.15) is 5.78 Å². The van der Waals surface area contributed by atoms with Gasteiger partial charge >= 0.3 is 0 Å². The minimum atomic E-state index is -0.795. The molecule has 180 valence electrons. The van der Waals surface area contributed by atoms with Crippen molar-refractivity contribution in [3.63, 3.8) is 0 Å². The van der Waals surface area contributed by atoms with Crippen molar-refractivity contribution in [2.45, 2.75) is 116 Å². The fourth-order valence-corrected chi connectivity index (χ4v) is 7.28. The smallest absolute Gasteiger partial charge is 0.143 e. The van der Waals surface area contributed by atoms with Crippen LogP contribution >= 0.6 is 0 Å². The van der Waals surface area contributed by atoms with E-state index in [0.29, 0.717) is 24.2 Å². The maximum atomic E-state index is 13.4. The highest BCUT2D eigenvalue weighted by Gasteiger charge is 2.56. The minimum Gasteiger partial charge on any atom is -0.392 e. The molecule has 0 bridgehead atoms. The Hall–Kier alpha value is -0.490. The van der Waals surface area contributed by atoms with Crippen LogP contribution < -0.4 is 0 Å². The molecule has 3 fully saturated rings. The van der Waals surface area contributed by atoms with Crippen LogP contribution in [-0.4, -0.2) is 53.6 Å². The molecule has 0 spiro atoms. The molecule has 11 atom stereocenters. The van der Waals surface area contributed by atoms with Crippen LogP contribution in [0.5, 0.6) is 0 Å². The van der Waals surface area contributed by atoms with Crippen molar-refractivity contribution in [3.05, 3.63) is 0 Å². The summed E-state index contributed by atoms with van der Waals surface area (Å²) < 4.78 is 12.5. The van der Waals surface area contributed by atoms with E-state index in [1.807, 2.05) is 7.11 Å². The molecular weight excluding hydrogens is 392 g/mol. The number of carbonyl (C=O) groups is 1. The molecule has 2 saturated carbocycles. The number of hydrogen-bond acceptors (Lipinski definition) is 5. The van der Waals surface area contributed by atoms with Crippen molar-refractivity contribution in [2.75, 3.05) is 7.11 Å². The van der Waals surface area contributed by atoms with E-state index in [-0.39, 0.29) is 35.9 Å². The number of methoxy groups -OCH3 is 1. The molecular formula is C26H46O5. The second kappa shape index (κ2) is 11.1. The fourth-order valence-electron chi connectivity index (χ4n) is 7.28. The van der Waals surface area contributed by atoms with Crippen LogP contribution in [0.2, 0.25) is 0 Å². The van der Waals surface area contributed by atoms with Gasteiger partial charge in [0, 0.05) is 25.4 Å². The van der Waals surface area contributed by atoms with Gasteiger partial charge in [-0.2, -0.15) is 0 Å². The number of ether oxygens (including phenoxy) is 2. The van der Waals surface area contributed by atoms with Crippen LogP contribution in [0.4, 0.5) is 0 Å². The first-order valence-electron chi connectivity index (χ1n) is 13.0. The third-order valence-electron chi connectivity index (χ3n) is 8.81. The van der Waals surface area contributed by atoms with Crippen molar-refractivity contribution >= 4 is 5.78 Å². The number of rotatable bonds is 8. The molecule has 5 heteroatoms. The maximum Gasteiger partial charge on any atom is 0.143 e. The Morgan fingerprint density at radius 1 is 0.935 bits per heavy atom. The quantitative estimate of drug-likeness (QED) is 0.588. The molecule has 3 aliphatic rings. The first kappa shape index (κ1) is 25.1. The van der Waals surface area contributed by atoms with Gasteiger partial charge in [-0.15, -0.1) is 0 Å². The van der Waals surface area contributed by atoms with Crippen molar-refractivity contribution in [3.8, 4) is 0 Å². The molecule has 5 nitrogen and oxygen atoms in total. The number of hydrogen-bond donors (Lipinski definition) is 2. The Labute approximate surface area is 189 Å². The van der Waals surface area contributed by atoms with Crippen LogP contribution in [0.3, 0.4) is 0 Å². The number of Topliss-reactive ketones (excluding diaryl/α,β-unsaturated/α-hetero) is 1. The monoisotopic (exact) mass is 438 g/mol. The summed E-state index contributed by atoms with van der Waals surface area (Å²) in [4.78, 5) is 13.4. The molecule has 2 N–H and O–H groups in total. The third kappa shape index (κ3) is 4.90. The molecule has 0 amide bonds. The van der Waals surface area contributed by atoms with Crippen molar-refractivity contribution < 1.29 is 24.5 Å². The average molecular weight is 439 g/mol. The lowest BCUT2D eigenvalue weighted by molar-refractivity contribution is -0.221. The van der Waals surface area contributed by atoms with E-state index in [2.05, 4.69) is 27.7 Å². The zero-order valence-corrected chi connectivity index (χ0v) is 20.3. The molecule has 3 rings (SSSR count). The molecule has 31 heavy (non-hydrogen) atoms. The SMILES string of the molecule is CCCC1C(O)C(CCC)C2OC(C3CCC(OC)C(C)C3CCC)CC(=O)C2C1O. The van der Waals surface area contributed by atoms with Crippen molar-refractivity contribution in [1.82, 2.24) is 0 Å². The van der Waals surface area contributed by atoms with Gasteiger partial charge in [0.25, 0.3) is 0 Å². The number of aliphatic hydroxyl groups excluding tert-OH is 2. The summed E-state index contributed by atoms with van der Waals surface area (Å²) in [6.07, 6.45) is 6.50. The van der Waals surface area contributed by atoms with E-state index < -0.39 is 18.1 Å². The lowest BCUT2D eigenvalue weighted by atomic mass is 9.61. The van der Waals surface area contributed by atoms with E-state index in [9.17, 15) is 15.0 Å². The van der Waals surface area contributed by atoms with E-state index in [0.717, 1.165) is 51.4 Å². The van der Waals surface area contributed by atoms with Gasteiger partial charge in [0.2, 0.25) is 0 Å². The predicted octanol–water partition coefficient (Wildman–Crippen LogP) is 4.37. The highest BCUT2D eigenvalue weighted by molar-refractivity contribution is 5.83. The largest absolute Gasteiger partial charge is 0.392 e. The molecule has 0 radical (unpaired) electrons. The second-order valence-corrected chi connectivity index (χ2v) is 10.5. The Balaban J connectivity index is 1.85. The summed E-state index contributed by atoms with van der Waals surface area (Å²) in [5.74, 6) is 0.647. The number of ketones is 1. The molecule has 11 unspecified atom stereocenters. The maximum absolute atomic E-state index is 13.4. The standard InChI is InChI=1S/C26H46O5/c1-6-9-16-15(4)21(30-5)13-12-17(16)22-14-20(27)23-25(29)18(10-7-2)24(28)19(11-8-3)26(23)31-22/h15-19,21-26,28-29H,6-14H2,1-5H3. The first-order chi connectivity index (χ1) is 14.9. The normalized spacial score (nSPS) is 46.0. The highest BCUT2D eigenvalue weighted by Crippen LogP contribution is 2.48. The van der Waals surface area contributed by atoms with Gasteiger partial charge < -0.3 is 19.7 Å².